The molecular formula is C14H28N2O. The van der Waals surface area contributed by atoms with Crippen molar-refractivity contribution in [2.24, 2.45) is 5.92 Å². The molecule has 1 atom stereocenters. The van der Waals surface area contributed by atoms with E-state index in [1.165, 1.54) is 12.8 Å². The van der Waals surface area contributed by atoms with Gasteiger partial charge in [-0.05, 0) is 52.1 Å². The molecule has 17 heavy (non-hydrogen) atoms. The van der Waals surface area contributed by atoms with Gasteiger partial charge in [-0.2, -0.15) is 0 Å². The minimum atomic E-state index is 0.335. The van der Waals surface area contributed by atoms with Crippen molar-refractivity contribution in [2.45, 2.75) is 58.9 Å². The first-order valence-corrected chi connectivity index (χ1v) is 7.15. The van der Waals surface area contributed by atoms with E-state index in [1.54, 1.807) is 0 Å². The zero-order valence-corrected chi connectivity index (χ0v) is 11.7. The summed E-state index contributed by atoms with van der Waals surface area (Å²) >= 11 is 0. The topological polar surface area (TPSA) is 32.3 Å². The molecule has 1 aliphatic heterocycles. The van der Waals surface area contributed by atoms with Crippen molar-refractivity contribution in [3.8, 4) is 0 Å². The van der Waals surface area contributed by atoms with Gasteiger partial charge in [0.15, 0.2) is 0 Å². The van der Waals surface area contributed by atoms with Gasteiger partial charge in [-0.3, -0.25) is 4.79 Å². The maximum Gasteiger partial charge on any atom is 0.222 e. The van der Waals surface area contributed by atoms with Crippen molar-refractivity contribution < 1.29 is 4.79 Å². The molecule has 3 nitrogen and oxygen atoms in total. The normalized spacial score (nSPS) is 20.6. The van der Waals surface area contributed by atoms with Crippen LogP contribution in [-0.4, -0.2) is 36.5 Å². The van der Waals surface area contributed by atoms with E-state index in [4.69, 9.17) is 0 Å². The molecule has 1 fully saturated rings. The van der Waals surface area contributed by atoms with Gasteiger partial charge in [-0.1, -0.05) is 13.3 Å². The Morgan fingerprint density at radius 3 is 2.76 bits per heavy atom. The number of hydrogen-bond donors (Lipinski definition) is 1. The van der Waals surface area contributed by atoms with Gasteiger partial charge in [-0.15, -0.1) is 0 Å². The van der Waals surface area contributed by atoms with Gasteiger partial charge in [0, 0.05) is 19.0 Å². The fourth-order valence-corrected chi connectivity index (χ4v) is 2.43. The molecule has 0 saturated carbocycles. The molecule has 0 aromatic heterocycles. The number of carbonyl (C=O) groups excluding carboxylic acids is 1. The number of amides is 1. The summed E-state index contributed by atoms with van der Waals surface area (Å²) in [4.78, 5) is 14.2. The Morgan fingerprint density at radius 1 is 1.47 bits per heavy atom. The quantitative estimate of drug-likeness (QED) is 0.773. The van der Waals surface area contributed by atoms with Crippen LogP contribution < -0.4 is 5.32 Å². The molecule has 1 rings (SSSR count). The van der Waals surface area contributed by atoms with E-state index in [0.29, 0.717) is 17.9 Å². The third-order valence-electron chi connectivity index (χ3n) is 3.54. The molecule has 0 aliphatic carbocycles. The van der Waals surface area contributed by atoms with Crippen molar-refractivity contribution in [2.75, 3.05) is 19.6 Å². The van der Waals surface area contributed by atoms with E-state index in [1.807, 2.05) is 0 Å². The molecule has 0 bridgehead atoms. The van der Waals surface area contributed by atoms with Crippen molar-refractivity contribution >= 4 is 5.91 Å². The van der Waals surface area contributed by atoms with Crippen LogP contribution in [-0.2, 0) is 4.79 Å². The highest BCUT2D eigenvalue weighted by atomic mass is 16.2. The molecule has 0 aromatic rings. The molecule has 3 heteroatoms. The van der Waals surface area contributed by atoms with Crippen molar-refractivity contribution in [1.82, 2.24) is 10.2 Å². The van der Waals surface area contributed by atoms with Crippen LogP contribution in [0.1, 0.15) is 52.9 Å². The summed E-state index contributed by atoms with van der Waals surface area (Å²) in [5.41, 5.74) is 0. The fourth-order valence-electron chi connectivity index (χ4n) is 2.43. The molecule has 1 N–H and O–H groups in total. The molecule has 100 valence electrons. The van der Waals surface area contributed by atoms with Crippen molar-refractivity contribution in [3.05, 3.63) is 0 Å². The smallest absolute Gasteiger partial charge is 0.222 e. The van der Waals surface area contributed by atoms with Crippen LogP contribution in [0.3, 0.4) is 0 Å². The van der Waals surface area contributed by atoms with Gasteiger partial charge in [0.1, 0.15) is 0 Å². The second-order valence-corrected chi connectivity index (χ2v) is 5.46. The number of piperidine rings is 1. The summed E-state index contributed by atoms with van der Waals surface area (Å²) in [7, 11) is 0. The predicted octanol–water partition coefficient (Wildman–Crippen LogP) is 2.41. The highest BCUT2D eigenvalue weighted by molar-refractivity contribution is 5.76. The largest absolute Gasteiger partial charge is 0.340 e. The lowest BCUT2D eigenvalue weighted by Crippen LogP contribution is -2.44. The Labute approximate surface area is 106 Å². The molecule has 1 saturated heterocycles. The first-order valence-electron chi connectivity index (χ1n) is 7.15. The molecular weight excluding hydrogens is 212 g/mol. The first-order chi connectivity index (χ1) is 8.15. The van der Waals surface area contributed by atoms with Crippen LogP contribution in [0, 0.1) is 5.92 Å². The lowest BCUT2D eigenvalue weighted by Gasteiger charge is -2.33. The van der Waals surface area contributed by atoms with Crippen LogP contribution in [0.2, 0.25) is 0 Å². The van der Waals surface area contributed by atoms with Gasteiger partial charge in [-0.25, -0.2) is 0 Å². The van der Waals surface area contributed by atoms with Crippen LogP contribution in [0.15, 0.2) is 0 Å². The lowest BCUT2D eigenvalue weighted by molar-refractivity contribution is -0.133. The number of rotatable bonds is 6. The average Bonchev–Trinajstić information content (AvgIpc) is 2.34. The summed E-state index contributed by atoms with van der Waals surface area (Å²) in [6, 6.07) is 0.335. The number of hydrogen-bond acceptors (Lipinski definition) is 2. The molecule has 1 unspecified atom stereocenters. The molecule has 0 radical (unpaired) electrons. The van der Waals surface area contributed by atoms with Crippen LogP contribution >= 0.6 is 0 Å². The molecule has 0 spiro atoms. The van der Waals surface area contributed by atoms with E-state index in [2.05, 4.69) is 31.0 Å². The standard InChI is InChI=1S/C14H28N2O/c1-4-5-8-14(17)16(12(2)3)11-13-7-6-9-15-10-13/h12-13,15H,4-11H2,1-3H3. The van der Waals surface area contributed by atoms with Crippen LogP contribution in [0.25, 0.3) is 0 Å². The third-order valence-corrected chi connectivity index (χ3v) is 3.54. The number of carbonyl (C=O) groups is 1. The first kappa shape index (κ1) is 14.5. The van der Waals surface area contributed by atoms with Gasteiger partial charge in [0.25, 0.3) is 0 Å². The Hall–Kier alpha value is -0.570. The second-order valence-electron chi connectivity index (χ2n) is 5.46. The van der Waals surface area contributed by atoms with Crippen LogP contribution in [0.4, 0.5) is 0 Å². The van der Waals surface area contributed by atoms with Crippen molar-refractivity contribution in [3.63, 3.8) is 0 Å². The van der Waals surface area contributed by atoms with Gasteiger partial charge in [0.2, 0.25) is 5.91 Å². The minimum Gasteiger partial charge on any atom is -0.340 e. The number of nitrogens with one attached hydrogen (secondary N) is 1. The van der Waals surface area contributed by atoms with E-state index >= 15 is 0 Å². The lowest BCUT2D eigenvalue weighted by atomic mass is 9.98. The predicted molar refractivity (Wildman–Crippen MR) is 72.0 cm³/mol. The second kappa shape index (κ2) is 7.70. The molecule has 1 heterocycles. The summed E-state index contributed by atoms with van der Waals surface area (Å²) in [6.07, 6.45) is 5.35. The average molecular weight is 240 g/mol. The van der Waals surface area contributed by atoms with E-state index < -0.39 is 0 Å². The Kier molecular flexibility index (Phi) is 6.56. The maximum absolute atomic E-state index is 12.1. The third kappa shape index (κ3) is 5.07. The Bertz CT molecular complexity index is 222. The van der Waals surface area contributed by atoms with Crippen LogP contribution in [0.5, 0.6) is 0 Å². The zero-order chi connectivity index (χ0) is 12.7. The highest BCUT2D eigenvalue weighted by Crippen LogP contribution is 2.15. The Balaban J connectivity index is 2.43. The monoisotopic (exact) mass is 240 g/mol. The fraction of sp³-hybridized carbons (Fsp3) is 0.929. The highest BCUT2D eigenvalue weighted by Gasteiger charge is 2.22. The van der Waals surface area contributed by atoms with E-state index in [-0.39, 0.29) is 0 Å². The maximum atomic E-state index is 12.1. The molecule has 1 aliphatic rings. The van der Waals surface area contributed by atoms with E-state index in [0.717, 1.165) is 38.9 Å². The summed E-state index contributed by atoms with van der Waals surface area (Å²) < 4.78 is 0. The zero-order valence-electron chi connectivity index (χ0n) is 11.7. The number of nitrogens with zero attached hydrogens (tertiary/aromatic N) is 1. The summed E-state index contributed by atoms with van der Waals surface area (Å²) in [5, 5.41) is 3.42. The molecule has 1 amide bonds. The SMILES string of the molecule is CCCCC(=O)N(CC1CCCNC1)C(C)C. The van der Waals surface area contributed by atoms with Crippen molar-refractivity contribution in [1.29, 1.82) is 0 Å². The minimum absolute atomic E-state index is 0.335. The number of unbranched alkanes of at least 4 members (excludes halogenated alkanes) is 1. The summed E-state index contributed by atoms with van der Waals surface area (Å²) in [6.45, 7) is 9.54. The van der Waals surface area contributed by atoms with E-state index in [9.17, 15) is 4.79 Å². The summed E-state index contributed by atoms with van der Waals surface area (Å²) in [5.74, 6) is 0.990. The van der Waals surface area contributed by atoms with Gasteiger partial charge < -0.3 is 10.2 Å². The Morgan fingerprint density at radius 2 is 2.24 bits per heavy atom. The van der Waals surface area contributed by atoms with Gasteiger partial charge >= 0.3 is 0 Å². The molecule has 0 aromatic carbocycles. The van der Waals surface area contributed by atoms with Gasteiger partial charge in [0.05, 0.1) is 0 Å².